The zero-order chi connectivity index (χ0) is 20.9. The summed E-state index contributed by atoms with van der Waals surface area (Å²) in [5.74, 6) is 1.21. The van der Waals surface area contributed by atoms with Gasteiger partial charge in [0.1, 0.15) is 0 Å². The number of fused-ring (bicyclic) bond motifs is 1. The maximum atomic E-state index is 12.9. The average molecular weight is 399 g/mol. The Balaban J connectivity index is 1.76. The molecule has 0 bridgehead atoms. The fraction of sp³-hybridized carbons (Fsp3) is 0.125. The predicted octanol–water partition coefficient (Wildman–Crippen LogP) is 3.89. The highest BCUT2D eigenvalue weighted by molar-refractivity contribution is 5.84. The zero-order valence-corrected chi connectivity index (χ0v) is 16.8. The molecule has 0 N–H and O–H groups in total. The SMILES string of the molecule is COc1ccc(C=Nn2nc(Cc3ccccc3)c3ccccc3c2=O)cc1OC. The molecule has 6 nitrogen and oxygen atoms in total. The number of hydrogen-bond donors (Lipinski definition) is 0. The fourth-order valence-electron chi connectivity index (χ4n) is 3.30. The van der Waals surface area contributed by atoms with E-state index in [0.717, 1.165) is 27.0 Å². The van der Waals surface area contributed by atoms with Gasteiger partial charge in [-0.05, 0) is 35.4 Å². The van der Waals surface area contributed by atoms with Gasteiger partial charge in [-0.1, -0.05) is 48.5 Å². The molecule has 0 aliphatic carbocycles. The molecule has 0 aliphatic heterocycles. The first-order valence-electron chi connectivity index (χ1n) is 9.51. The van der Waals surface area contributed by atoms with E-state index in [1.165, 1.54) is 0 Å². The van der Waals surface area contributed by atoms with E-state index < -0.39 is 0 Å². The van der Waals surface area contributed by atoms with E-state index in [1.807, 2.05) is 54.6 Å². The first-order chi connectivity index (χ1) is 14.7. The molecule has 0 unspecified atom stereocenters. The molecule has 0 amide bonds. The Labute approximate surface area is 174 Å². The van der Waals surface area contributed by atoms with Crippen LogP contribution in [0.3, 0.4) is 0 Å². The maximum absolute atomic E-state index is 12.9. The number of benzene rings is 3. The molecule has 0 saturated carbocycles. The van der Waals surface area contributed by atoms with E-state index in [1.54, 1.807) is 38.6 Å². The summed E-state index contributed by atoms with van der Waals surface area (Å²) in [6, 6.07) is 22.9. The van der Waals surface area contributed by atoms with E-state index in [0.29, 0.717) is 23.3 Å². The van der Waals surface area contributed by atoms with Gasteiger partial charge in [0.2, 0.25) is 0 Å². The molecule has 4 rings (SSSR count). The molecule has 3 aromatic carbocycles. The maximum Gasteiger partial charge on any atom is 0.295 e. The van der Waals surface area contributed by atoms with Crippen LogP contribution < -0.4 is 15.0 Å². The summed E-state index contributed by atoms with van der Waals surface area (Å²) in [6.07, 6.45) is 2.19. The molecule has 0 fully saturated rings. The Morgan fingerprint density at radius 2 is 1.60 bits per heavy atom. The van der Waals surface area contributed by atoms with Crippen LogP contribution in [0.1, 0.15) is 16.8 Å². The minimum atomic E-state index is -0.265. The third kappa shape index (κ3) is 3.93. The van der Waals surface area contributed by atoms with Crippen LogP contribution in [-0.4, -0.2) is 30.3 Å². The number of methoxy groups -OCH3 is 2. The van der Waals surface area contributed by atoms with Gasteiger partial charge >= 0.3 is 0 Å². The minimum absolute atomic E-state index is 0.265. The van der Waals surface area contributed by atoms with Gasteiger partial charge in [-0.25, -0.2) is 0 Å². The Morgan fingerprint density at radius 1 is 0.900 bits per heavy atom. The average Bonchev–Trinajstić information content (AvgIpc) is 2.80. The summed E-state index contributed by atoms with van der Waals surface area (Å²) < 4.78 is 10.6. The highest BCUT2D eigenvalue weighted by atomic mass is 16.5. The van der Waals surface area contributed by atoms with Crippen LogP contribution in [0.25, 0.3) is 10.8 Å². The lowest BCUT2D eigenvalue weighted by Gasteiger charge is -2.09. The Morgan fingerprint density at radius 3 is 2.33 bits per heavy atom. The molecule has 1 aromatic heterocycles. The van der Waals surface area contributed by atoms with Crippen molar-refractivity contribution in [3.8, 4) is 11.5 Å². The Hall–Kier alpha value is -3.93. The van der Waals surface area contributed by atoms with Crippen LogP contribution in [0.4, 0.5) is 0 Å². The van der Waals surface area contributed by atoms with Crippen molar-refractivity contribution in [1.82, 2.24) is 9.89 Å². The topological polar surface area (TPSA) is 65.7 Å². The van der Waals surface area contributed by atoms with Gasteiger partial charge in [0.15, 0.2) is 11.5 Å². The summed E-state index contributed by atoms with van der Waals surface area (Å²) in [5.41, 5.74) is 2.41. The summed E-state index contributed by atoms with van der Waals surface area (Å²) in [7, 11) is 3.16. The normalized spacial score (nSPS) is 11.1. The van der Waals surface area contributed by atoms with Crippen LogP contribution >= 0.6 is 0 Å². The zero-order valence-electron chi connectivity index (χ0n) is 16.8. The minimum Gasteiger partial charge on any atom is -0.493 e. The molecule has 30 heavy (non-hydrogen) atoms. The number of hydrogen-bond acceptors (Lipinski definition) is 5. The van der Waals surface area contributed by atoms with Crippen molar-refractivity contribution in [3.63, 3.8) is 0 Å². The number of aromatic nitrogens is 2. The third-order valence-electron chi connectivity index (χ3n) is 4.80. The lowest BCUT2D eigenvalue weighted by atomic mass is 10.0. The van der Waals surface area contributed by atoms with Gasteiger partial charge in [0.05, 0.1) is 31.5 Å². The van der Waals surface area contributed by atoms with Crippen LogP contribution in [0.2, 0.25) is 0 Å². The summed E-state index contributed by atoms with van der Waals surface area (Å²) >= 11 is 0. The van der Waals surface area contributed by atoms with Gasteiger partial charge in [0, 0.05) is 11.8 Å². The van der Waals surface area contributed by atoms with E-state index in [9.17, 15) is 4.79 Å². The second-order valence-electron chi connectivity index (χ2n) is 6.71. The Bertz CT molecular complexity index is 1260. The first-order valence-corrected chi connectivity index (χ1v) is 9.51. The molecule has 0 atom stereocenters. The van der Waals surface area contributed by atoms with Crippen LogP contribution in [-0.2, 0) is 6.42 Å². The number of ether oxygens (including phenoxy) is 2. The van der Waals surface area contributed by atoms with Gasteiger partial charge in [0.25, 0.3) is 5.56 Å². The summed E-state index contributed by atoms with van der Waals surface area (Å²) in [6.45, 7) is 0. The second kappa shape index (κ2) is 8.61. The molecular formula is C24H21N3O3. The van der Waals surface area contributed by atoms with Crippen molar-refractivity contribution in [2.45, 2.75) is 6.42 Å². The van der Waals surface area contributed by atoms with E-state index >= 15 is 0 Å². The van der Waals surface area contributed by atoms with Gasteiger partial charge in [-0.2, -0.15) is 10.2 Å². The quantitative estimate of drug-likeness (QED) is 0.462. The van der Waals surface area contributed by atoms with Gasteiger partial charge in [-0.3, -0.25) is 4.79 Å². The number of nitrogens with zero attached hydrogens (tertiary/aromatic N) is 3. The lowest BCUT2D eigenvalue weighted by Crippen LogP contribution is -2.21. The molecule has 1 heterocycles. The summed E-state index contributed by atoms with van der Waals surface area (Å²) in [5, 5.41) is 10.3. The highest BCUT2D eigenvalue weighted by Crippen LogP contribution is 2.26. The standard InChI is InChI=1S/C24H21N3O3/c1-29-22-13-12-18(15-23(22)30-2)16-25-27-24(28)20-11-7-6-10-19(20)21(26-27)14-17-8-4-3-5-9-17/h3-13,15-16H,14H2,1-2H3. The molecule has 0 spiro atoms. The predicted molar refractivity (Wildman–Crippen MR) is 118 cm³/mol. The monoisotopic (exact) mass is 399 g/mol. The molecule has 0 aliphatic rings. The van der Waals surface area contributed by atoms with Gasteiger partial charge in [-0.15, -0.1) is 4.79 Å². The van der Waals surface area contributed by atoms with E-state index in [-0.39, 0.29) is 5.56 Å². The largest absolute Gasteiger partial charge is 0.493 e. The van der Waals surface area contributed by atoms with Crippen LogP contribution in [0.5, 0.6) is 11.5 Å². The first kappa shape index (κ1) is 19.4. The molecule has 0 radical (unpaired) electrons. The summed E-state index contributed by atoms with van der Waals surface area (Å²) in [4.78, 5) is 14.1. The molecule has 0 saturated heterocycles. The van der Waals surface area contributed by atoms with E-state index in [4.69, 9.17) is 9.47 Å². The van der Waals surface area contributed by atoms with Crippen molar-refractivity contribution in [3.05, 3.63) is 100.0 Å². The van der Waals surface area contributed by atoms with Crippen molar-refractivity contribution in [1.29, 1.82) is 0 Å². The van der Waals surface area contributed by atoms with Gasteiger partial charge < -0.3 is 9.47 Å². The van der Waals surface area contributed by atoms with Crippen molar-refractivity contribution < 1.29 is 9.47 Å². The Kier molecular flexibility index (Phi) is 5.57. The molecule has 150 valence electrons. The smallest absolute Gasteiger partial charge is 0.295 e. The van der Waals surface area contributed by atoms with Crippen molar-refractivity contribution >= 4 is 17.0 Å². The van der Waals surface area contributed by atoms with Crippen LogP contribution in [0.15, 0.2) is 82.7 Å². The highest BCUT2D eigenvalue weighted by Gasteiger charge is 2.11. The van der Waals surface area contributed by atoms with Crippen molar-refractivity contribution in [2.24, 2.45) is 5.10 Å². The lowest BCUT2D eigenvalue weighted by molar-refractivity contribution is 0.355. The second-order valence-corrected chi connectivity index (χ2v) is 6.71. The fourth-order valence-corrected chi connectivity index (χ4v) is 3.30. The third-order valence-corrected chi connectivity index (χ3v) is 4.80. The van der Waals surface area contributed by atoms with E-state index in [2.05, 4.69) is 10.2 Å². The molecule has 6 heteroatoms. The number of rotatable bonds is 6. The molecule has 4 aromatic rings. The van der Waals surface area contributed by atoms with Crippen molar-refractivity contribution in [2.75, 3.05) is 14.2 Å². The van der Waals surface area contributed by atoms with Crippen LogP contribution in [0, 0.1) is 0 Å². The molecular weight excluding hydrogens is 378 g/mol.